The molecule has 0 amide bonds. The van der Waals surface area contributed by atoms with Crippen molar-refractivity contribution in [3.8, 4) is 0 Å². The van der Waals surface area contributed by atoms with Crippen LogP contribution < -0.4 is 4.72 Å². The molecule has 0 saturated heterocycles. The monoisotopic (exact) mass is 333 g/mol. The molecular weight excluding hydrogens is 318 g/mol. The minimum absolute atomic E-state index is 0.0495. The largest absolute Gasteiger partial charge is 0.386 e. The Morgan fingerprint density at radius 1 is 1.05 bits per heavy atom. The van der Waals surface area contributed by atoms with Crippen molar-refractivity contribution in [1.29, 1.82) is 0 Å². The molecule has 1 aromatic heterocycles. The molecule has 0 spiro atoms. The molecule has 0 radical (unpaired) electrons. The fraction of sp³-hybridized carbons (Fsp3) is 0.125. The van der Waals surface area contributed by atoms with E-state index in [0.29, 0.717) is 5.39 Å². The maximum absolute atomic E-state index is 12.5. The highest BCUT2D eigenvalue weighted by molar-refractivity contribution is 7.89. The Morgan fingerprint density at radius 2 is 1.82 bits per heavy atom. The van der Waals surface area contributed by atoms with E-state index in [4.69, 9.17) is 0 Å². The van der Waals surface area contributed by atoms with Crippen molar-refractivity contribution >= 4 is 32.1 Å². The van der Waals surface area contributed by atoms with Crippen LogP contribution in [0.2, 0.25) is 0 Å². The average Bonchev–Trinajstić information content (AvgIpc) is 3.06. The van der Waals surface area contributed by atoms with Gasteiger partial charge in [0.25, 0.3) is 0 Å². The van der Waals surface area contributed by atoms with Gasteiger partial charge in [0.15, 0.2) is 0 Å². The normalized spacial score (nSPS) is 13.3. The number of nitrogens with one attached hydrogen (secondary N) is 1. The van der Waals surface area contributed by atoms with E-state index in [0.717, 1.165) is 10.3 Å². The van der Waals surface area contributed by atoms with Gasteiger partial charge in [0, 0.05) is 16.8 Å². The van der Waals surface area contributed by atoms with Gasteiger partial charge in [-0.05, 0) is 22.9 Å². The number of rotatable bonds is 5. The lowest BCUT2D eigenvalue weighted by Gasteiger charge is -2.12. The summed E-state index contributed by atoms with van der Waals surface area (Å²) in [4.78, 5) is 0.963. The molecular formula is C16H15NO3S2. The molecule has 0 aliphatic heterocycles. The minimum atomic E-state index is -3.68. The first-order chi connectivity index (χ1) is 10.6. The van der Waals surface area contributed by atoms with Crippen molar-refractivity contribution < 1.29 is 13.5 Å². The molecule has 114 valence electrons. The number of benzene rings is 2. The number of hydrogen-bond acceptors (Lipinski definition) is 4. The van der Waals surface area contributed by atoms with Crippen LogP contribution in [-0.4, -0.2) is 20.1 Å². The zero-order chi connectivity index (χ0) is 15.6. The van der Waals surface area contributed by atoms with E-state index >= 15 is 0 Å². The molecule has 22 heavy (non-hydrogen) atoms. The van der Waals surface area contributed by atoms with Crippen molar-refractivity contribution in [2.24, 2.45) is 0 Å². The third-order valence-corrected chi connectivity index (χ3v) is 5.83. The first-order valence-electron chi connectivity index (χ1n) is 6.77. The number of hydrogen-bond donors (Lipinski definition) is 2. The molecule has 1 atom stereocenters. The lowest BCUT2D eigenvalue weighted by atomic mass is 10.1. The molecule has 0 aliphatic rings. The standard InChI is InChI=1S/C16H15NO3S2/c18-14(15-8-4-10-21-15)11-17-22(19,20)16-9-3-6-12-5-1-2-7-13(12)16/h1-10,14,17-18H,11H2/t14-/m1/s1. The fourth-order valence-corrected chi connectivity index (χ4v) is 4.26. The summed E-state index contributed by atoms with van der Waals surface area (Å²) < 4.78 is 27.5. The minimum Gasteiger partial charge on any atom is -0.386 e. The Labute approximate surface area is 133 Å². The van der Waals surface area contributed by atoms with Gasteiger partial charge in [0.2, 0.25) is 10.0 Å². The van der Waals surface area contributed by atoms with E-state index in [2.05, 4.69) is 4.72 Å². The second-order valence-electron chi connectivity index (χ2n) is 4.86. The Balaban J connectivity index is 1.86. The summed E-state index contributed by atoms with van der Waals surface area (Å²) in [7, 11) is -3.68. The summed E-state index contributed by atoms with van der Waals surface area (Å²) in [6, 6.07) is 16.1. The van der Waals surface area contributed by atoms with Crippen LogP contribution >= 0.6 is 11.3 Å². The zero-order valence-electron chi connectivity index (χ0n) is 11.6. The molecule has 3 rings (SSSR count). The van der Waals surface area contributed by atoms with Crippen LogP contribution in [0, 0.1) is 0 Å². The number of thiophene rings is 1. The molecule has 2 aromatic carbocycles. The quantitative estimate of drug-likeness (QED) is 0.754. The predicted octanol–water partition coefficient (Wildman–Crippen LogP) is 2.91. The second kappa shape index (κ2) is 6.18. The molecule has 0 bridgehead atoms. The van der Waals surface area contributed by atoms with Gasteiger partial charge < -0.3 is 5.11 Å². The maximum Gasteiger partial charge on any atom is 0.241 e. The third-order valence-electron chi connectivity index (χ3n) is 3.38. The summed E-state index contributed by atoms with van der Waals surface area (Å²) in [6.07, 6.45) is -0.843. The van der Waals surface area contributed by atoms with E-state index in [1.807, 2.05) is 35.7 Å². The molecule has 0 fully saturated rings. The predicted molar refractivity (Wildman–Crippen MR) is 88.4 cm³/mol. The molecule has 4 nitrogen and oxygen atoms in total. The SMILES string of the molecule is O=S(=O)(NC[C@@H](O)c1cccs1)c1cccc2ccccc12. The van der Waals surface area contributed by atoms with E-state index in [-0.39, 0.29) is 11.4 Å². The van der Waals surface area contributed by atoms with Crippen molar-refractivity contribution in [1.82, 2.24) is 4.72 Å². The Bertz CT molecular complexity index is 868. The average molecular weight is 333 g/mol. The second-order valence-corrected chi connectivity index (χ2v) is 7.58. The van der Waals surface area contributed by atoms with Gasteiger partial charge in [-0.25, -0.2) is 13.1 Å². The lowest BCUT2D eigenvalue weighted by Crippen LogP contribution is -2.28. The number of sulfonamides is 1. The fourth-order valence-electron chi connectivity index (χ4n) is 2.28. The van der Waals surface area contributed by atoms with Gasteiger partial charge in [-0.2, -0.15) is 0 Å². The van der Waals surface area contributed by atoms with E-state index in [1.165, 1.54) is 11.3 Å². The van der Waals surface area contributed by atoms with Gasteiger partial charge in [-0.15, -0.1) is 11.3 Å². The van der Waals surface area contributed by atoms with Crippen LogP contribution in [0.5, 0.6) is 0 Å². The van der Waals surface area contributed by atoms with Gasteiger partial charge in [0.1, 0.15) is 6.10 Å². The van der Waals surface area contributed by atoms with Crippen molar-refractivity contribution in [2.45, 2.75) is 11.0 Å². The Kier molecular flexibility index (Phi) is 4.26. The molecule has 6 heteroatoms. The van der Waals surface area contributed by atoms with Gasteiger partial charge in [0.05, 0.1) is 4.90 Å². The van der Waals surface area contributed by atoms with E-state index < -0.39 is 16.1 Å². The number of aliphatic hydroxyl groups excluding tert-OH is 1. The highest BCUT2D eigenvalue weighted by Crippen LogP contribution is 2.23. The van der Waals surface area contributed by atoms with Crippen LogP contribution in [-0.2, 0) is 10.0 Å². The third kappa shape index (κ3) is 3.05. The summed E-state index contributed by atoms with van der Waals surface area (Å²) in [5, 5.41) is 13.4. The summed E-state index contributed by atoms with van der Waals surface area (Å²) in [5.74, 6) is 0. The molecule has 3 aromatic rings. The molecule has 0 saturated carbocycles. The van der Waals surface area contributed by atoms with Crippen LogP contribution in [0.3, 0.4) is 0 Å². The lowest BCUT2D eigenvalue weighted by molar-refractivity contribution is 0.186. The Morgan fingerprint density at radius 3 is 2.59 bits per heavy atom. The Hall–Kier alpha value is -1.73. The van der Waals surface area contributed by atoms with Crippen LogP contribution in [0.25, 0.3) is 10.8 Å². The molecule has 2 N–H and O–H groups in total. The first kappa shape index (κ1) is 15.2. The summed E-state index contributed by atoms with van der Waals surface area (Å²) >= 11 is 1.40. The van der Waals surface area contributed by atoms with Gasteiger partial charge in [-0.1, -0.05) is 42.5 Å². The summed E-state index contributed by atoms with van der Waals surface area (Å²) in [6.45, 7) is -0.0495. The number of fused-ring (bicyclic) bond motifs is 1. The summed E-state index contributed by atoms with van der Waals surface area (Å²) in [5.41, 5.74) is 0. The van der Waals surface area contributed by atoms with E-state index in [9.17, 15) is 13.5 Å². The molecule has 0 aliphatic carbocycles. The van der Waals surface area contributed by atoms with Crippen molar-refractivity contribution in [3.63, 3.8) is 0 Å². The van der Waals surface area contributed by atoms with Gasteiger partial charge in [-0.3, -0.25) is 0 Å². The smallest absolute Gasteiger partial charge is 0.241 e. The highest BCUT2D eigenvalue weighted by Gasteiger charge is 2.19. The zero-order valence-corrected chi connectivity index (χ0v) is 13.3. The van der Waals surface area contributed by atoms with Crippen molar-refractivity contribution in [2.75, 3.05) is 6.54 Å². The highest BCUT2D eigenvalue weighted by atomic mass is 32.2. The number of aliphatic hydroxyl groups is 1. The van der Waals surface area contributed by atoms with Gasteiger partial charge >= 0.3 is 0 Å². The van der Waals surface area contributed by atoms with Crippen molar-refractivity contribution in [3.05, 3.63) is 64.9 Å². The van der Waals surface area contributed by atoms with Crippen LogP contribution in [0.4, 0.5) is 0 Å². The molecule has 0 unspecified atom stereocenters. The maximum atomic E-state index is 12.5. The first-order valence-corrected chi connectivity index (χ1v) is 9.13. The van der Waals surface area contributed by atoms with Crippen LogP contribution in [0.1, 0.15) is 11.0 Å². The van der Waals surface area contributed by atoms with Crippen LogP contribution in [0.15, 0.2) is 64.9 Å². The topological polar surface area (TPSA) is 66.4 Å². The van der Waals surface area contributed by atoms with E-state index in [1.54, 1.807) is 24.3 Å². The molecule has 1 heterocycles.